The van der Waals surface area contributed by atoms with Crippen molar-refractivity contribution >= 4 is 11.8 Å². The lowest BCUT2D eigenvalue weighted by Crippen LogP contribution is -2.23. The lowest BCUT2D eigenvalue weighted by Gasteiger charge is -2.20. The van der Waals surface area contributed by atoms with Gasteiger partial charge in [-0.15, -0.1) is 16.9 Å². The van der Waals surface area contributed by atoms with Crippen LogP contribution in [0.3, 0.4) is 0 Å². The van der Waals surface area contributed by atoms with Crippen LogP contribution in [-0.4, -0.2) is 20.6 Å². The summed E-state index contributed by atoms with van der Waals surface area (Å²) in [6, 6.07) is 19.5. The van der Waals surface area contributed by atoms with Crippen molar-refractivity contribution in [2.45, 2.75) is 24.1 Å². The Kier molecular flexibility index (Phi) is 6.56. The molecule has 0 saturated heterocycles. The van der Waals surface area contributed by atoms with Gasteiger partial charge in [-0.3, -0.25) is 4.57 Å². The molecule has 0 radical (unpaired) electrons. The van der Waals surface area contributed by atoms with Gasteiger partial charge in [0.2, 0.25) is 0 Å². The molecule has 1 aromatic heterocycles. The summed E-state index contributed by atoms with van der Waals surface area (Å²) in [7, 11) is 1.56. The van der Waals surface area contributed by atoms with Crippen molar-refractivity contribution in [3.05, 3.63) is 106 Å². The number of aromatic nitrogens is 3. The molecule has 0 spiro atoms. The summed E-state index contributed by atoms with van der Waals surface area (Å²) in [6.45, 7) is 1.94. The Hall–Kier alpha value is -3.46. The van der Waals surface area contributed by atoms with Gasteiger partial charge >= 0.3 is 11.9 Å². The van der Waals surface area contributed by atoms with E-state index in [0.29, 0.717) is 11.6 Å². The molecule has 9 heteroatoms. The number of hydrogen-bond donors (Lipinski definition) is 0. The fourth-order valence-electron chi connectivity index (χ4n) is 3.55. The fraction of sp³-hybridized carbons (Fsp3) is 0.200. The van der Waals surface area contributed by atoms with E-state index in [4.69, 9.17) is 4.74 Å². The van der Waals surface area contributed by atoms with E-state index in [-0.39, 0.29) is 5.69 Å². The quantitative estimate of drug-likeness (QED) is 0.325. The minimum Gasteiger partial charge on any atom is -0.477 e. The van der Waals surface area contributed by atoms with E-state index in [1.807, 2.05) is 61.7 Å². The average molecular weight is 486 g/mol. The van der Waals surface area contributed by atoms with Gasteiger partial charge in [0, 0.05) is 17.5 Å². The maximum atomic E-state index is 13.0. The topological polar surface area (TPSA) is 49.1 Å². The minimum absolute atomic E-state index is 0.229. The molecule has 0 fully saturated rings. The molecular formula is C25H22F3N3O2S. The van der Waals surface area contributed by atoms with Gasteiger partial charge in [-0.1, -0.05) is 30.3 Å². The molecule has 0 saturated carbocycles. The van der Waals surface area contributed by atoms with Gasteiger partial charge in [-0.05, 0) is 61.2 Å². The van der Waals surface area contributed by atoms with Crippen LogP contribution in [0, 0.1) is 6.92 Å². The Morgan fingerprint density at radius 1 is 1.00 bits per heavy atom. The van der Waals surface area contributed by atoms with Crippen LogP contribution in [0.2, 0.25) is 0 Å². The van der Waals surface area contributed by atoms with Crippen molar-refractivity contribution in [2.24, 2.45) is 7.05 Å². The maximum Gasteiger partial charge on any atom is 0.416 e. The largest absolute Gasteiger partial charge is 0.477 e. The van der Waals surface area contributed by atoms with Crippen molar-refractivity contribution in [3.63, 3.8) is 0 Å². The number of ether oxygens (including phenoxy) is 1. The standard InChI is InChI=1S/C25H22F3N3O2S/c1-16-15-20(34-3)13-14-21(16)33-22(17-7-5-4-6-8-17)23-29-31(24(32)30(23)2)19-11-9-18(10-12-19)25(26,27)28/h4-15,22H,1-3H3. The smallest absolute Gasteiger partial charge is 0.416 e. The highest BCUT2D eigenvalue weighted by Gasteiger charge is 2.30. The summed E-state index contributed by atoms with van der Waals surface area (Å²) < 4.78 is 47.6. The third-order valence-electron chi connectivity index (χ3n) is 5.42. The average Bonchev–Trinajstić information content (AvgIpc) is 3.12. The number of alkyl halides is 3. The first-order chi connectivity index (χ1) is 16.2. The van der Waals surface area contributed by atoms with Gasteiger partial charge in [0.25, 0.3) is 0 Å². The van der Waals surface area contributed by atoms with E-state index in [1.54, 1.807) is 18.8 Å². The lowest BCUT2D eigenvalue weighted by molar-refractivity contribution is -0.137. The monoisotopic (exact) mass is 485 g/mol. The zero-order chi connectivity index (χ0) is 24.5. The van der Waals surface area contributed by atoms with Crippen LogP contribution in [0.15, 0.2) is 82.5 Å². The molecule has 5 nitrogen and oxygen atoms in total. The first-order valence-corrected chi connectivity index (χ1v) is 11.6. The fourth-order valence-corrected chi connectivity index (χ4v) is 4.04. The van der Waals surface area contributed by atoms with Crippen LogP contribution in [0.1, 0.15) is 28.6 Å². The van der Waals surface area contributed by atoms with Crippen molar-refractivity contribution in [1.82, 2.24) is 14.3 Å². The highest BCUT2D eigenvalue weighted by atomic mass is 32.2. The molecule has 4 aromatic rings. The third-order valence-corrected chi connectivity index (χ3v) is 6.14. The third kappa shape index (κ3) is 4.75. The summed E-state index contributed by atoms with van der Waals surface area (Å²) >= 11 is 1.62. The SMILES string of the molecule is CSc1ccc(OC(c2ccccc2)c2nn(-c3ccc(C(F)(F)F)cc3)c(=O)n2C)c(C)c1. The summed E-state index contributed by atoms with van der Waals surface area (Å²) in [6.07, 6.45) is -3.19. The van der Waals surface area contributed by atoms with Crippen molar-refractivity contribution in [2.75, 3.05) is 6.26 Å². The maximum absolute atomic E-state index is 13.0. The zero-order valence-corrected chi connectivity index (χ0v) is 19.5. The number of rotatable bonds is 6. The molecule has 0 aliphatic rings. The van der Waals surface area contributed by atoms with Gasteiger partial charge in [0.05, 0.1) is 11.3 Å². The van der Waals surface area contributed by atoms with Crippen molar-refractivity contribution in [3.8, 4) is 11.4 Å². The Labute approximate surface area is 198 Å². The molecule has 3 aromatic carbocycles. The van der Waals surface area contributed by atoms with Gasteiger partial charge in [-0.2, -0.15) is 17.9 Å². The van der Waals surface area contributed by atoms with Gasteiger partial charge in [-0.25, -0.2) is 4.79 Å². The molecule has 0 bridgehead atoms. The molecule has 1 atom stereocenters. The van der Waals surface area contributed by atoms with E-state index in [9.17, 15) is 18.0 Å². The number of benzene rings is 3. The van der Waals surface area contributed by atoms with E-state index in [2.05, 4.69) is 5.10 Å². The van der Waals surface area contributed by atoms with E-state index >= 15 is 0 Å². The molecule has 0 N–H and O–H groups in total. The van der Waals surface area contributed by atoms with Gasteiger partial charge in [0.1, 0.15) is 5.75 Å². The summed E-state index contributed by atoms with van der Waals surface area (Å²) in [5, 5.41) is 4.46. The summed E-state index contributed by atoms with van der Waals surface area (Å²) in [4.78, 5) is 14.1. The zero-order valence-electron chi connectivity index (χ0n) is 18.7. The normalized spacial score (nSPS) is 12.5. The molecule has 176 valence electrons. The molecule has 1 heterocycles. The van der Waals surface area contributed by atoms with Crippen LogP contribution in [0.5, 0.6) is 5.75 Å². The number of hydrogen-bond acceptors (Lipinski definition) is 4. The van der Waals surface area contributed by atoms with E-state index in [0.717, 1.165) is 32.8 Å². The Balaban J connectivity index is 1.78. The highest BCUT2D eigenvalue weighted by Crippen LogP contribution is 2.32. The second-order valence-electron chi connectivity index (χ2n) is 7.70. The van der Waals surface area contributed by atoms with Crippen LogP contribution in [0.25, 0.3) is 5.69 Å². The number of aryl methyl sites for hydroxylation is 1. The Morgan fingerprint density at radius 2 is 1.68 bits per heavy atom. The molecule has 0 aliphatic heterocycles. The molecule has 34 heavy (non-hydrogen) atoms. The van der Waals surface area contributed by atoms with Crippen molar-refractivity contribution in [1.29, 1.82) is 0 Å². The Morgan fingerprint density at radius 3 is 2.26 bits per heavy atom. The molecular weight excluding hydrogens is 463 g/mol. The lowest BCUT2D eigenvalue weighted by atomic mass is 10.1. The first-order valence-electron chi connectivity index (χ1n) is 10.4. The van der Waals surface area contributed by atoms with Crippen LogP contribution < -0.4 is 10.4 Å². The number of halogens is 3. The van der Waals surface area contributed by atoms with Crippen molar-refractivity contribution < 1.29 is 17.9 Å². The van der Waals surface area contributed by atoms with Crippen LogP contribution in [-0.2, 0) is 13.2 Å². The molecule has 1 unspecified atom stereocenters. The van der Waals surface area contributed by atoms with E-state index < -0.39 is 23.5 Å². The van der Waals surface area contributed by atoms with Gasteiger partial charge in [0.15, 0.2) is 11.9 Å². The summed E-state index contributed by atoms with van der Waals surface area (Å²) in [5.74, 6) is 0.965. The number of nitrogens with zero attached hydrogens (tertiary/aromatic N) is 3. The van der Waals surface area contributed by atoms with Gasteiger partial charge < -0.3 is 4.74 Å². The van der Waals surface area contributed by atoms with Crippen LogP contribution in [0.4, 0.5) is 13.2 Å². The predicted octanol–water partition coefficient (Wildman–Crippen LogP) is 5.79. The molecule has 4 rings (SSSR count). The summed E-state index contributed by atoms with van der Waals surface area (Å²) in [5.41, 5.74) is 0.652. The van der Waals surface area contributed by atoms with Crippen LogP contribution >= 0.6 is 11.8 Å². The molecule has 0 aliphatic carbocycles. The second-order valence-corrected chi connectivity index (χ2v) is 8.58. The second kappa shape index (κ2) is 9.42. The molecule has 0 amide bonds. The predicted molar refractivity (Wildman–Crippen MR) is 126 cm³/mol. The van der Waals surface area contributed by atoms with E-state index in [1.165, 1.54) is 16.7 Å². The Bertz CT molecular complexity index is 1350. The minimum atomic E-state index is -4.46. The first kappa shape index (κ1) is 23.7. The number of thioether (sulfide) groups is 1. The highest BCUT2D eigenvalue weighted by molar-refractivity contribution is 7.98.